The molecule has 5 nitrogen and oxygen atoms in total. The summed E-state index contributed by atoms with van der Waals surface area (Å²) in [6.45, 7) is 3.87. The minimum atomic E-state index is -0.222. The van der Waals surface area contributed by atoms with E-state index in [9.17, 15) is 9.59 Å². The van der Waals surface area contributed by atoms with Crippen molar-refractivity contribution in [3.8, 4) is 5.75 Å². The van der Waals surface area contributed by atoms with Crippen LogP contribution in [0.4, 0.5) is 5.69 Å². The molecule has 0 radical (unpaired) electrons. The molecule has 1 heterocycles. The molecule has 0 atom stereocenters. The maximum Gasteiger partial charge on any atom is 0.263 e. The van der Waals surface area contributed by atoms with Crippen molar-refractivity contribution in [3.63, 3.8) is 0 Å². The van der Waals surface area contributed by atoms with E-state index in [4.69, 9.17) is 17.0 Å². The zero-order chi connectivity index (χ0) is 19.4. The molecular formula is C20H18N2O3S2. The van der Waals surface area contributed by atoms with Crippen LogP contribution >= 0.6 is 24.0 Å². The largest absolute Gasteiger partial charge is 0.484 e. The zero-order valence-corrected chi connectivity index (χ0v) is 16.5. The number of aryl methyl sites for hydroxylation is 2. The van der Waals surface area contributed by atoms with Crippen molar-refractivity contribution >= 4 is 51.9 Å². The molecule has 0 aromatic heterocycles. The molecule has 2 amide bonds. The van der Waals surface area contributed by atoms with Crippen LogP contribution in [0.25, 0.3) is 6.08 Å². The van der Waals surface area contributed by atoms with Gasteiger partial charge >= 0.3 is 0 Å². The van der Waals surface area contributed by atoms with Crippen LogP contribution in [0.3, 0.4) is 0 Å². The number of benzene rings is 2. The Labute approximate surface area is 167 Å². The number of carbonyl (C=O) groups is 2. The van der Waals surface area contributed by atoms with Crippen molar-refractivity contribution in [1.82, 2.24) is 5.32 Å². The van der Waals surface area contributed by atoms with Gasteiger partial charge in [0.25, 0.3) is 11.8 Å². The minimum Gasteiger partial charge on any atom is -0.484 e. The standard InChI is InChI=1S/C20H18N2O3S2/c1-12-3-8-16(13(2)9-12)21-18(23)11-25-15-6-4-14(5-7-15)10-17-19(24)22-20(26)27-17/h3-10H,11H2,1-2H3,(H,21,23)(H,22,24,26)/b17-10-. The van der Waals surface area contributed by atoms with E-state index in [1.807, 2.05) is 44.2 Å². The van der Waals surface area contributed by atoms with Gasteiger partial charge in [0, 0.05) is 5.69 Å². The fourth-order valence-electron chi connectivity index (χ4n) is 2.52. The second-order valence-electron chi connectivity index (χ2n) is 6.08. The van der Waals surface area contributed by atoms with E-state index in [1.54, 1.807) is 18.2 Å². The lowest BCUT2D eigenvalue weighted by Crippen LogP contribution is -2.20. The van der Waals surface area contributed by atoms with Gasteiger partial charge in [0.15, 0.2) is 6.61 Å². The average Bonchev–Trinajstić information content (AvgIpc) is 2.94. The Bertz CT molecular complexity index is 937. The molecule has 1 aliphatic heterocycles. The van der Waals surface area contributed by atoms with Crippen LogP contribution in [0.2, 0.25) is 0 Å². The van der Waals surface area contributed by atoms with E-state index < -0.39 is 0 Å². The molecule has 3 rings (SSSR count). The number of rotatable bonds is 5. The average molecular weight is 399 g/mol. The molecule has 2 aromatic carbocycles. The van der Waals surface area contributed by atoms with Crippen LogP contribution in [0.1, 0.15) is 16.7 Å². The molecule has 7 heteroatoms. The quantitative estimate of drug-likeness (QED) is 0.592. The van der Waals surface area contributed by atoms with Gasteiger partial charge in [-0.05, 0) is 49.2 Å². The number of amides is 2. The maximum absolute atomic E-state index is 12.1. The molecule has 1 fully saturated rings. The Kier molecular flexibility index (Phi) is 5.93. The molecule has 0 bridgehead atoms. The van der Waals surface area contributed by atoms with Gasteiger partial charge in [-0.3, -0.25) is 9.59 Å². The molecule has 0 spiro atoms. The van der Waals surface area contributed by atoms with E-state index in [0.717, 1.165) is 22.4 Å². The minimum absolute atomic E-state index is 0.0831. The van der Waals surface area contributed by atoms with E-state index in [-0.39, 0.29) is 18.4 Å². The Balaban J connectivity index is 1.55. The summed E-state index contributed by atoms with van der Waals surface area (Å²) in [5.74, 6) is 0.168. The predicted molar refractivity (Wildman–Crippen MR) is 113 cm³/mol. The lowest BCUT2D eigenvalue weighted by Gasteiger charge is -2.10. The number of hydrogen-bond acceptors (Lipinski definition) is 5. The first-order valence-corrected chi connectivity index (χ1v) is 9.48. The van der Waals surface area contributed by atoms with Gasteiger partial charge < -0.3 is 15.4 Å². The van der Waals surface area contributed by atoms with Crippen LogP contribution in [-0.2, 0) is 9.59 Å². The first kappa shape index (κ1) is 19.1. The SMILES string of the molecule is Cc1ccc(NC(=O)COc2ccc(/C=C3\SC(=S)NC3=O)cc2)c(C)c1. The molecule has 2 N–H and O–H groups in total. The third kappa shape index (κ3) is 5.18. The van der Waals surface area contributed by atoms with Gasteiger partial charge in [0.1, 0.15) is 10.1 Å². The van der Waals surface area contributed by atoms with Crippen molar-refractivity contribution in [2.45, 2.75) is 13.8 Å². The lowest BCUT2D eigenvalue weighted by molar-refractivity contribution is -0.118. The molecule has 2 aromatic rings. The van der Waals surface area contributed by atoms with Crippen LogP contribution in [0, 0.1) is 13.8 Å². The second-order valence-corrected chi connectivity index (χ2v) is 7.80. The molecule has 0 unspecified atom stereocenters. The fourth-order valence-corrected chi connectivity index (χ4v) is 3.57. The topological polar surface area (TPSA) is 67.4 Å². The highest BCUT2D eigenvalue weighted by Crippen LogP contribution is 2.26. The van der Waals surface area contributed by atoms with Crippen LogP contribution in [0.15, 0.2) is 47.4 Å². The monoisotopic (exact) mass is 398 g/mol. The Morgan fingerprint density at radius 2 is 1.96 bits per heavy atom. The second kappa shape index (κ2) is 8.37. The van der Waals surface area contributed by atoms with Gasteiger partial charge in [0.05, 0.1) is 4.91 Å². The molecule has 138 valence electrons. The Morgan fingerprint density at radius 3 is 2.59 bits per heavy atom. The molecular weight excluding hydrogens is 380 g/mol. The van der Waals surface area contributed by atoms with Crippen LogP contribution in [0.5, 0.6) is 5.75 Å². The first-order chi connectivity index (χ1) is 12.9. The molecule has 1 saturated heterocycles. The van der Waals surface area contributed by atoms with E-state index in [1.165, 1.54) is 11.8 Å². The summed E-state index contributed by atoms with van der Waals surface area (Å²) >= 11 is 6.20. The van der Waals surface area contributed by atoms with E-state index in [0.29, 0.717) is 15.0 Å². The van der Waals surface area contributed by atoms with Crippen molar-refractivity contribution in [2.75, 3.05) is 11.9 Å². The summed E-state index contributed by atoms with van der Waals surface area (Å²) in [4.78, 5) is 24.3. The van der Waals surface area contributed by atoms with E-state index in [2.05, 4.69) is 10.6 Å². The number of thiocarbonyl (C=S) groups is 1. The number of carbonyl (C=O) groups excluding carboxylic acids is 2. The maximum atomic E-state index is 12.1. The summed E-state index contributed by atoms with van der Waals surface area (Å²) in [5, 5.41) is 5.42. The van der Waals surface area contributed by atoms with Gasteiger partial charge in [-0.15, -0.1) is 0 Å². The highest BCUT2D eigenvalue weighted by Gasteiger charge is 2.21. The highest BCUT2D eigenvalue weighted by molar-refractivity contribution is 8.26. The van der Waals surface area contributed by atoms with Gasteiger partial charge in [0.2, 0.25) is 0 Å². The summed E-state index contributed by atoms with van der Waals surface area (Å²) in [6.07, 6.45) is 1.76. The summed E-state index contributed by atoms with van der Waals surface area (Å²) < 4.78 is 5.99. The Morgan fingerprint density at radius 1 is 1.22 bits per heavy atom. The van der Waals surface area contributed by atoms with Crippen molar-refractivity contribution < 1.29 is 14.3 Å². The van der Waals surface area contributed by atoms with Crippen molar-refractivity contribution in [1.29, 1.82) is 0 Å². The summed E-state index contributed by atoms with van der Waals surface area (Å²) in [7, 11) is 0. The fraction of sp³-hybridized carbons (Fsp3) is 0.150. The highest BCUT2D eigenvalue weighted by atomic mass is 32.2. The third-order valence-electron chi connectivity index (χ3n) is 3.85. The van der Waals surface area contributed by atoms with Crippen LogP contribution in [-0.4, -0.2) is 22.7 Å². The summed E-state index contributed by atoms with van der Waals surface area (Å²) in [5.41, 5.74) is 3.78. The normalized spacial score (nSPS) is 15.0. The van der Waals surface area contributed by atoms with Gasteiger partial charge in [-0.25, -0.2) is 0 Å². The zero-order valence-electron chi connectivity index (χ0n) is 14.9. The van der Waals surface area contributed by atoms with Crippen molar-refractivity contribution in [3.05, 3.63) is 64.1 Å². The van der Waals surface area contributed by atoms with Crippen molar-refractivity contribution in [2.24, 2.45) is 0 Å². The first-order valence-electron chi connectivity index (χ1n) is 8.25. The van der Waals surface area contributed by atoms with Gasteiger partial charge in [-0.2, -0.15) is 0 Å². The van der Waals surface area contributed by atoms with E-state index >= 15 is 0 Å². The number of nitrogens with one attached hydrogen (secondary N) is 2. The molecule has 0 aliphatic carbocycles. The number of hydrogen-bond donors (Lipinski definition) is 2. The molecule has 1 aliphatic rings. The lowest BCUT2D eigenvalue weighted by atomic mass is 10.1. The van der Waals surface area contributed by atoms with Crippen LogP contribution < -0.4 is 15.4 Å². The molecule has 27 heavy (non-hydrogen) atoms. The predicted octanol–water partition coefficient (Wildman–Crippen LogP) is 3.81. The third-order valence-corrected chi connectivity index (χ3v) is 5.01. The smallest absolute Gasteiger partial charge is 0.263 e. The number of anilines is 1. The molecule has 0 saturated carbocycles. The number of ether oxygens (including phenoxy) is 1. The summed E-state index contributed by atoms with van der Waals surface area (Å²) in [6, 6.07) is 13.0. The van der Waals surface area contributed by atoms with Gasteiger partial charge in [-0.1, -0.05) is 53.8 Å². The number of thioether (sulfide) groups is 1. The Hall–Kier alpha value is -2.64.